The first kappa shape index (κ1) is 17.7. The van der Waals surface area contributed by atoms with Gasteiger partial charge in [0.2, 0.25) is 0 Å². The second-order valence-corrected chi connectivity index (χ2v) is 7.25. The van der Waals surface area contributed by atoms with Crippen LogP contribution in [0.25, 0.3) is 0 Å². The van der Waals surface area contributed by atoms with Crippen molar-refractivity contribution < 1.29 is 9.53 Å². The Morgan fingerprint density at radius 1 is 1.48 bits per heavy atom. The number of carbonyl (C=O) groups excluding carboxylic acids is 1. The minimum Gasteiger partial charge on any atom is -0.382 e. The van der Waals surface area contributed by atoms with E-state index in [0.717, 1.165) is 0 Å². The molecule has 0 fully saturated rings. The number of nitrogens with two attached hydrogens (primary N) is 1. The van der Waals surface area contributed by atoms with Crippen LogP contribution < -0.4 is 11.1 Å². The monoisotopic (exact) mass is 314 g/mol. The first-order valence-corrected chi connectivity index (χ1v) is 7.83. The second kappa shape index (κ2) is 7.09. The zero-order valence-corrected chi connectivity index (χ0v) is 14.5. The summed E-state index contributed by atoms with van der Waals surface area (Å²) >= 11 is 1.28. The standard InChI is InChI=1S/C14H26N4O2S/c1-9(2)20-8-7-18(6)12(19)10-11(15)16-13(21-10)17-14(3,4)5/h9H,7-8,15H2,1-6H3,(H,16,17). The van der Waals surface area contributed by atoms with Gasteiger partial charge >= 0.3 is 0 Å². The molecule has 1 aromatic rings. The second-order valence-electron chi connectivity index (χ2n) is 6.25. The van der Waals surface area contributed by atoms with E-state index >= 15 is 0 Å². The fraction of sp³-hybridized carbons (Fsp3) is 0.714. The Hall–Kier alpha value is -1.34. The Kier molecular flexibility index (Phi) is 5.98. The summed E-state index contributed by atoms with van der Waals surface area (Å²) in [5.74, 6) is 0.146. The quantitative estimate of drug-likeness (QED) is 0.843. The zero-order chi connectivity index (χ0) is 16.2. The van der Waals surface area contributed by atoms with Gasteiger partial charge in [0.1, 0.15) is 10.7 Å². The van der Waals surface area contributed by atoms with Gasteiger partial charge in [-0.25, -0.2) is 4.98 Å². The number of aromatic nitrogens is 1. The summed E-state index contributed by atoms with van der Waals surface area (Å²) in [5, 5.41) is 3.89. The third-order valence-corrected chi connectivity index (χ3v) is 3.53. The molecule has 0 saturated carbocycles. The van der Waals surface area contributed by atoms with Crippen LogP contribution in [0.4, 0.5) is 10.9 Å². The lowest BCUT2D eigenvalue weighted by molar-refractivity contribution is 0.0535. The Balaban J connectivity index is 2.69. The summed E-state index contributed by atoms with van der Waals surface area (Å²) in [6.45, 7) is 11.0. The van der Waals surface area contributed by atoms with Crippen LogP contribution in [0.1, 0.15) is 44.3 Å². The van der Waals surface area contributed by atoms with Gasteiger partial charge in [-0.3, -0.25) is 4.79 Å². The third-order valence-electron chi connectivity index (χ3n) is 2.55. The number of nitrogens with zero attached hydrogens (tertiary/aromatic N) is 2. The van der Waals surface area contributed by atoms with Crippen molar-refractivity contribution in [1.82, 2.24) is 9.88 Å². The van der Waals surface area contributed by atoms with Gasteiger partial charge in [-0.15, -0.1) is 0 Å². The highest BCUT2D eigenvalue weighted by Gasteiger charge is 2.21. The fourth-order valence-corrected chi connectivity index (χ4v) is 2.65. The van der Waals surface area contributed by atoms with Gasteiger partial charge in [0.05, 0.1) is 12.7 Å². The van der Waals surface area contributed by atoms with Crippen molar-refractivity contribution in [2.45, 2.75) is 46.3 Å². The van der Waals surface area contributed by atoms with Gasteiger partial charge in [-0.1, -0.05) is 11.3 Å². The predicted octanol–water partition coefficient (Wildman–Crippen LogP) is 2.43. The van der Waals surface area contributed by atoms with Crippen LogP contribution in [0.3, 0.4) is 0 Å². The number of hydrogen-bond acceptors (Lipinski definition) is 6. The van der Waals surface area contributed by atoms with Gasteiger partial charge in [0, 0.05) is 19.1 Å². The number of ether oxygens (including phenoxy) is 1. The summed E-state index contributed by atoms with van der Waals surface area (Å²) in [5.41, 5.74) is 5.73. The number of carbonyl (C=O) groups is 1. The summed E-state index contributed by atoms with van der Waals surface area (Å²) in [4.78, 5) is 18.6. The Morgan fingerprint density at radius 2 is 2.10 bits per heavy atom. The molecule has 120 valence electrons. The Morgan fingerprint density at radius 3 is 2.62 bits per heavy atom. The van der Waals surface area contributed by atoms with E-state index < -0.39 is 0 Å². The van der Waals surface area contributed by atoms with E-state index in [1.54, 1.807) is 11.9 Å². The van der Waals surface area contributed by atoms with E-state index in [4.69, 9.17) is 10.5 Å². The van der Waals surface area contributed by atoms with Crippen molar-refractivity contribution in [2.24, 2.45) is 0 Å². The van der Waals surface area contributed by atoms with Gasteiger partial charge < -0.3 is 20.7 Å². The van der Waals surface area contributed by atoms with Crippen LogP contribution in [-0.4, -0.2) is 47.6 Å². The van der Waals surface area contributed by atoms with Crippen molar-refractivity contribution in [1.29, 1.82) is 0 Å². The molecule has 0 aliphatic carbocycles. The first-order valence-electron chi connectivity index (χ1n) is 7.01. The minimum atomic E-state index is -0.126. The van der Waals surface area contributed by atoms with Crippen LogP contribution in [-0.2, 0) is 4.74 Å². The molecular weight excluding hydrogens is 288 g/mol. The number of nitrogen functional groups attached to an aromatic ring is 1. The van der Waals surface area contributed by atoms with Crippen LogP contribution in [0.15, 0.2) is 0 Å². The molecule has 1 rings (SSSR count). The van der Waals surface area contributed by atoms with E-state index in [1.165, 1.54) is 11.3 Å². The summed E-state index contributed by atoms with van der Waals surface area (Å²) < 4.78 is 5.45. The number of thiazole rings is 1. The average Bonchev–Trinajstić information content (AvgIpc) is 2.65. The molecule has 3 N–H and O–H groups in total. The van der Waals surface area contributed by atoms with Crippen LogP contribution in [0.2, 0.25) is 0 Å². The molecule has 21 heavy (non-hydrogen) atoms. The molecular formula is C14H26N4O2S. The third kappa shape index (κ3) is 5.89. The smallest absolute Gasteiger partial charge is 0.267 e. The lowest BCUT2D eigenvalue weighted by Gasteiger charge is -2.19. The predicted molar refractivity (Wildman–Crippen MR) is 88.0 cm³/mol. The van der Waals surface area contributed by atoms with Gasteiger partial charge in [-0.05, 0) is 34.6 Å². The number of amides is 1. The molecule has 0 aliphatic heterocycles. The molecule has 0 aromatic carbocycles. The Labute approximate surface area is 130 Å². The van der Waals surface area contributed by atoms with Crippen molar-refractivity contribution in [3.8, 4) is 0 Å². The molecule has 0 spiro atoms. The summed E-state index contributed by atoms with van der Waals surface area (Å²) in [6.07, 6.45) is 0.157. The molecule has 7 heteroatoms. The Bertz CT molecular complexity index is 480. The number of likely N-dealkylation sites (N-methyl/N-ethyl adjacent to an activating group) is 1. The van der Waals surface area contributed by atoms with Crippen LogP contribution in [0.5, 0.6) is 0 Å². The number of rotatable bonds is 6. The minimum absolute atomic E-state index is 0.123. The number of nitrogens with one attached hydrogen (secondary N) is 1. The van der Waals surface area contributed by atoms with Crippen molar-refractivity contribution >= 4 is 28.2 Å². The molecule has 0 aliphatic rings. The molecule has 1 heterocycles. The van der Waals surface area contributed by atoms with E-state index in [-0.39, 0.29) is 23.4 Å². The molecule has 0 saturated heterocycles. The lowest BCUT2D eigenvalue weighted by Crippen LogP contribution is -2.30. The highest BCUT2D eigenvalue weighted by molar-refractivity contribution is 7.18. The fourth-order valence-electron chi connectivity index (χ4n) is 1.56. The van der Waals surface area contributed by atoms with Crippen LogP contribution in [0, 0.1) is 0 Å². The molecule has 1 aromatic heterocycles. The molecule has 6 nitrogen and oxygen atoms in total. The molecule has 0 atom stereocenters. The first-order chi connectivity index (χ1) is 9.60. The largest absolute Gasteiger partial charge is 0.382 e. The van der Waals surface area contributed by atoms with E-state index in [1.807, 2.05) is 34.6 Å². The highest BCUT2D eigenvalue weighted by atomic mass is 32.1. The maximum atomic E-state index is 12.4. The van der Waals surface area contributed by atoms with Crippen molar-refractivity contribution in [2.75, 3.05) is 31.2 Å². The lowest BCUT2D eigenvalue weighted by atomic mass is 10.1. The molecule has 0 radical (unpaired) electrons. The van der Waals surface area contributed by atoms with Gasteiger partial charge in [0.25, 0.3) is 5.91 Å². The normalized spacial score (nSPS) is 11.8. The van der Waals surface area contributed by atoms with Crippen molar-refractivity contribution in [3.05, 3.63) is 4.88 Å². The SMILES string of the molecule is CC(C)OCCN(C)C(=O)c1sc(NC(C)(C)C)nc1N. The number of hydrogen-bond donors (Lipinski definition) is 2. The van der Waals surface area contributed by atoms with E-state index in [0.29, 0.717) is 23.2 Å². The maximum absolute atomic E-state index is 12.4. The number of anilines is 2. The molecule has 0 unspecified atom stereocenters. The topological polar surface area (TPSA) is 80.5 Å². The van der Waals surface area contributed by atoms with Crippen molar-refractivity contribution in [3.63, 3.8) is 0 Å². The summed E-state index contributed by atoms with van der Waals surface area (Å²) in [7, 11) is 1.74. The average molecular weight is 314 g/mol. The van der Waals surface area contributed by atoms with E-state index in [9.17, 15) is 4.79 Å². The maximum Gasteiger partial charge on any atom is 0.267 e. The van der Waals surface area contributed by atoms with Gasteiger partial charge in [0.15, 0.2) is 5.13 Å². The highest BCUT2D eigenvalue weighted by Crippen LogP contribution is 2.28. The van der Waals surface area contributed by atoms with Crippen LogP contribution >= 0.6 is 11.3 Å². The summed E-state index contributed by atoms with van der Waals surface area (Å²) in [6, 6.07) is 0. The molecule has 1 amide bonds. The van der Waals surface area contributed by atoms with Gasteiger partial charge in [-0.2, -0.15) is 0 Å². The van der Waals surface area contributed by atoms with E-state index in [2.05, 4.69) is 10.3 Å². The molecule has 0 bridgehead atoms. The zero-order valence-electron chi connectivity index (χ0n) is 13.7.